The molecule has 4 rings (SSSR count). The van der Waals surface area contributed by atoms with Crippen molar-refractivity contribution in [3.05, 3.63) is 63.7 Å². The van der Waals surface area contributed by atoms with E-state index in [4.69, 9.17) is 11.6 Å². The van der Waals surface area contributed by atoms with Gasteiger partial charge in [-0.1, -0.05) is 36.7 Å². The van der Waals surface area contributed by atoms with Crippen molar-refractivity contribution in [2.45, 2.75) is 51.5 Å². The molecule has 3 amide bonds. The lowest BCUT2D eigenvalue weighted by molar-refractivity contribution is -0.136. The van der Waals surface area contributed by atoms with Gasteiger partial charge in [-0.25, -0.2) is 0 Å². The van der Waals surface area contributed by atoms with Crippen molar-refractivity contribution in [2.75, 3.05) is 11.9 Å². The summed E-state index contributed by atoms with van der Waals surface area (Å²) in [4.78, 5) is 37.9. The van der Waals surface area contributed by atoms with E-state index in [2.05, 4.69) is 16.0 Å². The first-order valence-electron chi connectivity index (χ1n) is 11.1. The predicted molar refractivity (Wildman–Crippen MR) is 125 cm³/mol. The Labute approximate surface area is 197 Å². The second-order valence-corrected chi connectivity index (χ2v) is 8.74. The molecule has 2 atom stereocenters. The Morgan fingerprint density at radius 3 is 2.76 bits per heavy atom. The summed E-state index contributed by atoms with van der Waals surface area (Å²) in [5.41, 5.74) is 4.23. The maximum atomic E-state index is 12.8. The number of halogens is 1. The number of hydrogen-bond acceptors (Lipinski definition) is 6. The van der Waals surface area contributed by atoms with Gasteiger partial charge in [0.05, 0.1) is 6.54 Å². The normalized spacial score (nSPS) is 18.8. The summed E-state index contributed by atoms with van der Waals surface area (Å²) < 4.78 is 0. The summed E-state index contributed by atoms with van der Waals surface area (Å²) >= 11 is 6.23. The number of aryl methyl sites for hydroxylation is 1. The number of rotatable bonds is 8. The van der Waals surface area contributed by atoms with Gasteiger partial charge in [-0.15, -0.1) is 0 Å². The van der Waals surface area contributed by atoms with Crippen molar-refractivity contribution < 1.29 is 19.5 Å². The highest BCUT2D eigenvalue weighted by Gasteiger charge is 2.39. The summed E-state index contributed by atoms with van der Waals surface area (Å²) in [6.07, 6.45) is 0.641. The molecule has 1 saturated heterocycles. The number of benzene rings is 2. The Bertz CT molecular complexity index is 1090. The first-order valence-corrected chi connectivity index (χ1v) is 11.4. The van der Waals surface area contributed by atoms with Crippen molar-refractivity contribution in [3.8, 4) is 0 Å². The largest absolute Gasteiger partial charge is 0.381 e. The quantitative estimate of drug-likeness (QED) is 0.347. The van der Waals surface area contributed by atoms with Crippen LogP contribution >= 0.6 is 11.6 Å². The number of fused-ring (bicyclic) bond motifs is 1. The van der Waals surface area contributed by atoms with Gasteiger partial charge in [0.25, 0.3) is 5.91 Å². The highest BCUT2D eigenvalue weighted by atomic mass is 35.5. The fraction of sp³-hybridized carbons (Fsp3) is 0.375. The van der Waals surface area contributed by atoms with Crippen molar-refractivity contribution in [1.82, 2.24) is 15.5 Å². The summed E-state index contributed by atoms with van der Waals surface area (Å²) in [6, 6.07) is 10.6. The summed E-state index contributed by atoms with van der Waals surface area (Å²) in [6.45, 7) is 3.09. The zero-order valence-electron chi connectivity index (χ0n) is 18.4. The van der Waals surface area contributed by atoms with Crippen LogP contribution in [0.5, 0.6) is 0 Å². The topological polar surface area (TPSA) is 111 Å². The summed E-state index contributed by atoms with van der Waals surface area (Å²) in [5, 5.41) is 19.5. The predicted octanol–water partition coefficient (Wildman–Crippen LogP) is 2.18. The Balaban J connectivity index is 1.31. The van der Waals surface area contributed by atoms with Crippen LogP contribution in [-0.2, 0) is 29.1 Å². The van der Waals surface area contributed by atoms with Crippen molar-refractivity contribution in [2.24, 2.45) is 0 Å². The van der Waals surface area contributed by atoms with Crippen LogP contribution in [0.1, 0.15) is 46.8 Å². The van der Waals surface area contributed by atoms with Gasteiger partial charge in [0.15, 0.2) is 0 Å². The van der Waals surface area contributed by atoms with Crippen LogP contribution in [0.4, 0.5) is 5.69 Å². The monoisotopic (exact) mass is 470 g/mol. The third kappa shape index (κ3) is 5.19. The number of hydrogen-bond donors (Lipinski definition) is 4. The summed E-state index contributed by atoms with van der Waals surface area (Å²) in [5.74, 6) is -0.922. The van der Waals surface area contributed by atoms with E-state index >= 15 is 0 Å². The van der Waals surface area contributed by atoms with Crippen molar-refractivity contribution in [1.29, 1.82) is 0 Å². The summed E-state index contributed by atoms with van der Waals surface area (Å²) in [7, 11) is 0. The molecule has 0 radical (unpaired) electrons. The van der Waals surface area contributed by atoms with E-state index in [9.17, 15) is 19.5 Å². The average molecular weight is 471 g/mol. The molecule has 174 valence electrons. The third-order valence-electron chi connectivity index (χ3n) is 6.06. The average Bonchev–Trinajstić information content (AvgIpc) is 3.12. The molecule has 0 aliphatic carbocycles. The lowest BCUT2D eigenvalue weighted by atomic mass is 10.0. The van der Waals surface area contributed by atoms with Gasteiger partial charge in [0.2, 0.25) is 11.8 Å². The molecular weight excluding hydrogens is 444 g/mol. The zero-order chi connectivity index (χ0) is 23.5. The number of anilines is 1. The number of aliphatic hydroxyl groups excluding tert-OH is 1. The molecule has 2 aromatic carbocycles. The molecular formula is C24H27ClN4O4. The molecule has 2 aromatic rings. The lowest BCUT2D eigenvalue weighted by Gasteiger charge is -2.29. The number of carbonyl (C=O) groups is 3. The van der Waals surface area contributed by atoms with Crippen LogP contribution in [0.2, 0.25) is 5.02 Å². The smallest absolute Gasteiger partial charge is 0.255 e. The van der Waals surface area contributed by atoms with Gasteiger partial charge in [-0.3, -0.25) is 25.0 Å². The van der Waals surface area contributed by atoms with Crippen molar-refractivity contribution >= 4 is 35.0 Å². The van der Waals surface area contributed by atoms with Crippen LogP contribution in [-0.4, -0.2) is 46.5 Å². The van der Waals surface area contributed by atoms with Gasteiger partial charge in [-0.05, 0) is 47.7 Å². The van der Waals surface area contributed by atoms with Crippen LogP contribution in [0, 0.1) is 0 Å². The Morgan fingerprint density at radius 2 is 2.03 bits per heavy atom. The highest BCUT2D eigenvalue weighted by Crippen LogP contribution is 2.28. The Hall–Kier alpha value is -2.94. The molecule has 0 bridgehead atoms. The number of nitrogens with one attached hydrogen (secondary N) is 3. The van der Waals surface area contributed by atoms with Gasteiger partial charge in [-0.2, -0.15) is 0 Å². The number of carbonyl (C=O) groups excluding carboxylic acids is 3. The van der Waals surface area contributed by atoms with Gasteiger partial charge in [0, 0.05) is 35.8 Å². The molecule has 2 heterocycles. The Kier molecular flexibility index (Phi) is 6.97. The number of amides is 3. The minimum atomic E-state index is -0.788. The minimum absolute atomic E-state index is 0.198. The van der Waals surface area contributed by atoms with E-state index < -0.39 is 18.2 Å². The molecule has 0 aromatic heterocycles. The first-order chi connectivity index (χ1) is 15.9. The number of imide groups is 1. The number of nitrogens with zero attached hydrogens (tertiary/aromatic N) is 1. The maximum Gasteiger partial charge on any atom is 0.255 e. The van der Waals surface area contributed by atoms with Gasteiger partial charge < -0.3 is 15.3 Å². The SMILES string of the molecule is CCc1ccc(NCC(O)NCc2ccc3c(c2)CN(C2CCC(=O)NC2=O)C3=O)cc1Cl. The molecule has 8 nitrogen and oxygen atoms in total. The van der Waals surface area contributed by atoms with E-state index in [0.717, 1.165) is 28.8 Å². The number of aliphatic hydroxyl groups is 1. The molecule has 2 aliphatic rings. The van der Waals surface area contributed by atoms with Crippen LogP contribution in [0.25, 0.3) is 0 Å². The minimum Gasteiger partial charge on any atom is -0.381 e. The highest BCUT2D eigenvalue weighted by molar-refractivity contribution is 6.31. The first kappa shape index (κ1) is 23.2. The molecule has 0 spiro atoms. The molecule has 2 aliphatic heterocycles. The second-order valence-electron chi connectivity index (χ2n) is 8.33. The van der Waals surface area contributed by atoms with Crippen LogP contribution < -0.4 is 16.0 Å². The maximum absolute atomic E-state index is 12.8. The fourth-order valence-electron chi connectivity index (χ4n) is 4.20. The molecule has 4 N–H and O–H groups in total. The van der Waals surface area contributed by atoms with Crippen molar-refractivity contribution in [3.63, 3.8) is 0 Å². The van der Waals surface area contributed by atoms with Gasteiger partial charge in [0.1, 0.15) is 12.3 Å². The molecule has 33 heavy (non-hydrogen) atoms. The Morgan fingerprint density at radius 1 is 1.21 bits per heavy atom. The number of piperidine rings is 1. The molecule has 9 heteroatoms. The van der Waals surface area contributed by atoms with E-state index in [1.807, 2.05) is 37.3 Å². The second kappa shape index (κ2) is 9.91. The standard InChI is InChI=1S/C24H27ClN4O4/c1-2-15-4-5-17(10-19(15)25)26-12-22(31)27-11-14-3-6-18-16(9-14)13-29(24(18)33)20-7-8-21(30)28-23(20)32/h3-6,9-10,20,22,26-27,31H,2,7-8,11-13H2,1H3,(H,28,30,32). The van der Waals surface area contributed by atoms with E-state index in [1.165, 1.54) is 4.90 Å². The fourth-order valence-corrected chi connectivity index (χ4v) is 4.52. The molecule has 0 saturated carbocycles. The molecule has 1 fully saturated rings. The van der Waals surface area contributed by atoms with Crippen LogP contribution in [0.15, 0.2) is 36.4 Å². The lowest BCUT2D eigenvalue weighted by Crippen LogP contribution is -2.52. The van der Waals surface area contributed by atoms with E-state index in [0.29, 0.717) is 36.6 Å². The molecule has 2 unspecified atom stereocenters. The van der Waals surface area contributed by atoms with Crippen LogP contribution in [0.3, 0.4) is 0 Å². The van der Waals surface area contributed by atoms with E-state index in [1.54, 1.807) is 6.07 Å². The zero-order valence-corrected chi connectivity index (χ0v) is 19.1. The third-order valence-corrected chi connectivity index (χ3v) is 6.42. The van der Waals surface area contributed by atoms with Gasteiger partial charge >= 0.3 is 0 Å². The van der Waals surface area contributed by atoms with E-state index in [-0.39, 0.29) is 18.2 Å².